The summed E-state index contributed by atoms with van der Waals surface area (Å²) in [6.07, 6.45) is 4.88. The Morgan fingerprint density at radius 2 is 2.12 bits per heavy atom. The lowest BCUT2D eigenvalue weighted by atomic mass is 9.98. The molecule has 2 aliphatic heterocycles. The van der Waals surface area contributed by atoms with Gasteiger partial charge in [-0.2, -0.15) is 0 Å². The molecule has 2 atom stereocenters. The van der Waals surface area contributed by atoms with Crippen molar-refractivity contribution in [1.82, 2.24) is 4.90 Å². The maximum Gasteiger partial charge on any atom is 0.316 e. The quantitative estimate of drug-likeness (QED) is 0.524. The predicted molar refractivity (Wildman–Crippen MR) is 62.4 cm³/mol. The number of nitrogens with zero attached hydrogens (tertiary/aromatic N) is 2. The molecule has 0 spiro atoms. The van der Waals surface area contributed by atoms with Crippen LogP contribution in [0.25, 0.3) is 0 Å². The van der Waals surface area contributed by atoms with E-state index in [2.05, 4.69) is 16.8 Å². The average molecular weight is 224 g/mol. The number of carbonyl (C=O) groups is 1. The van der Waals surface area contributed by atoms with Crippen molar-refractivity contribution in [3.05, 3.63) is 0 Å². The summed E-state index contributed by atoms with van der Waals surface area (Å²) in [6.45, 7) is 4.38. The molecule has 2 aliphatic rings. The Labute approximate surface area is 96.7 Å². The van der Waals surface area contributed by atoms with Gasteiger partial charge in [0.15, 0.2) is 6.23 Å². The molecule has 0 aromatic heterocycles. The van der Waals surface area contributed by atoms with Gasteiger partial charge in [-0.3, -0.25) is 14.7 Å². The van der Waals surface area contributed by atoms with Crippen molar-refractivity contribution in [2.24, 2.45) is 16.8 Å². The second-order valence-corrected chi connectivity index (χ2v) is 4.86. The van der Waals surface area contributed by atoms with Crippen LogP contribution >= 0.6 is 0 Å². The lowest BCUT2D eigenvalue weighted by molar-refractivity contribution is -0.150. The third kappa shape index (κ3) is 2.43. The molecule has 2 saturated heterocycles. The van der Waals surface area contributed by atoms with Crippen LogP contribution in [0.1, 0.15) is 26.2 Å². The first kappa shape index (κ1) is 11.6. The molecule has 0 aromatic carbocycles. The van der Waals surface area contributed by atoms with Gasteiger partial charge < -0.3 is 4.74 Å². The van der Waals surface area contributed by atoms with Crippen molar-refractivity contribution < 1.29 is 9.53 Å². The summed E-state index contributed by atoms with van der Waals surface area (Å²) in [4.78, 5) is 17.7. The number of carbonyl (C=O) groups excluding carboxylic acids is 1. The first-order valence-electron chi connectivity index (χ1n) is 6.07. The van der Waals surface area contributed by atoms with E-state index < -0.39 is 0 Å². The highest BCUT2D eigenvalue weighted by Gasteiger charge is 2.37. The van der Waals surface area contributed by atoms with Crippen LogP contribution < -0.4 is 0 Å². The van der Waals surface area contributed by atoms with E-state index in [0.29, 0.717) is 0 Å². The molecule has 0 N–H and O–H groups in total. The van der Waals surface area contributed by atoms with Gasteiger partial charge >= 0.3 is 5.97 Å². The summed E-state index contributed by atoms with van der Waals surface area (Å²) in [5, 5.41) is 0. The Kier molecular flexibility index (Phi) is 3.59. The molecule has 0 saturated carbocycles. The molecule has 2 rings (SSSR count). The summed E-state index contributed by atoms with van der Waals surface area (Å²) >= 11 is 0. The SMILES string of the molecule is CN=CC1CC(N2CCC(C)CC2)OC1=O. The highest BCUT2D eigenvalue weighted by Crippen LogP contribution is 2.26. The van der Waals surface area contributed by atoms with Crippen LogP contribution in [0.2, 0.25) is 0 Å². The van der Waals surface area contributed by atoms with Gasteiger partial charge in [-0.05, 0) is 18.8 Å². The fourth-order valence-corrected chi connectivity index (χ4v) is 2.42. The number of hydrogen-bond acceptors (Lipinski definition) is 4. The third-order valence-electron chi connectivity index (χ3n) is 3.57. The molecule has 16 heavy (non-hydrogen) atoms. The summed E-state index contributed by atoms with van der Waals surface area (Å²) < 4.78 is 5.40. The molecule has 0 aliphatic carbocycles. The minimum absolute atomic E-state index is 0.0111. The second-order valence-electron chi connectivity index (χ2n) is 4.86. The molecule has 0 radical (unpaired) electrons. The number of aliphatic imine (C=N–C) groups is 1. The van der Waals surface area contributed by atoms with Crippen molar-refractivity contribution in [2.45, 2.75) is 32.4 Å². The van der Waals surface area contributed by atoms with E-state index in [0.717, 1.165) is 25.4 Å². The van der Waals surface area contributed by atoms with E-state index in [1.807, 2.05) is 0 Å². The van der Waals surface area contributed by atoms with Crippen LogP contribution in [0.4, 0.5) is 0 Å². The van der Waals surface area contributed by atoms with Gasteiger partial charge in [-0.25, -0.2) is 0 Å². The Bertz CT molecular complexity index is 283. The number of cyclic esters (lactones) is 1. The summed E-state index contributed by atoms with van der Waals surface area (Å²) in [6, 6.07) is 0. The van der Waals surface area contributed by atoms with E-state index in [-0.39, 0.29) is 18.1 Å². The number of rotatable bonds is 2. The molecule has 2 fully saturated rings. The summed E-state index contributed by atoms with van der Waals surface area (Å²) in [5.41, 5.74) is 0. The lowest BCUT2D eigenvalue weighted by Crippen LogP contribution is -2.40. The van der Waals surface area contributed by atoms with Crippen LogP contribution in [0.3, 0.4) is 0 Å². The lowest BCUT2D eigenvalue weighted by Gasteiger charge is -2.33. The maximum atomic E-state index is 11.5. The van der Waals surface area contributed by atoms with Gasteiger partial charge in [0, 0.05) is 32.8 Å². The minimum atomic E-state index is -0.130. The van der Waals surface area contributed by atoms with E-state index in [1.165, 1.54) is 12.8 Å². The normalized spacial score (nSPS) is 33.5. The topological polar surface area (TPSA) is 41.9 Å². The standard InChI is InChI=1S/C12H20N2O2/c1-9-3-5-14(6-4-9)11-7-10(8-13-2)12(15)16-11/h8-11H,3-7H2,1-2H3. The predicted octanol–water partition coefficient (Wildman–Crippen LogP) is 1.31. The Hall–Kier alpha value is -0.900. The fourth-order valence-electron chi connectivity index (χ4n) is 2.42. The van der Waals surface area contributed by atoms with Gasteiger partial charge in [0.2, 0.25) is 0 Å². The van der Waals surface area contributed by atoms with Crippen molar-refractivity contribution in [3.63, 3.8) is 0 Å². The first-order valence-corrected chi connectivity index (χ1v) is 6.07. The smallest absolute Gasteiger partial charge is 0.316 e. The highest BCUT2D eigenvalue weighted by atomic mass is 16.6. The zero-order chi connectivity index (χ0) is 11.5. The van der Waals surface area contributed by atoms with Crippen molar-refractivity contribution >= 4 is 12.2 Å². The summed E-state index contributed by atoms with van der Waals surface area (Å²) in [7, 11) is 1.70. The van der Waals surface area contributed by atoms with E-state index in [9.17, 15) is 4.79 Å². The van der Waals surface area contributed by atoms with Crippen LogP contribution in [-0.2, 0) is 9.53 Å². The van der Waals surface area contributed by atoms with Crippen LogP contribution in [0, 0.1) is 11.8 Å². The monoisotopic (exact) mass is 224 g/mol. The average Bonchev–Trinajstić information content (AvgIpc) is 2.62. The van der Waals surface area contributed by atoms with Crippen molar-refractivity contribution in [3.8, 4) is 0 Å². The number of ether oxygens (including phenoxy) is 1. The number of likely N-dealkylation sites (tertiary alicyclic amines) is 1. The molecular formula is C12H20N2O2. The molecular weight excluding hydrogens is 204 g/mol. The Balaban J connectivity index is 1.90. The number of piperidine rings is 1. The Morgan fingerprint density at radius 3 is 2.75 bits per heavy atom. The molecule has 4 heteroatoms. The van der Waals surface area contributed by atoms with Crippen LogP contribution in [-0.4, -0.2) is 43.4 Å². The third-order valence-corrected chi connectivity index (χ3v) is 3.57. The highest BCUT2D eigenvalue weighted by molar-refractivity contribution is 5.91. The number of esters is 1. The minimum Gasteiger partial charge on any atom is -0.446 e. The van der Waals surface area contributed by atoms with Gasteiger partial charge in [0.05, 0.1) is 5.92 Å². The van der Waals surface area contributed by atoms with E-state index in [1.54, 1.807) is 13.3 Å². The molecule has 2 unspecified atom stereocenters. The van der Waals surface area contributed by atoms with Gasteiger partial charge in [0.1, 0.15) is 0 Å². The first-order chi connectivity index (χ1) is 7.70. The zero-order valence-corrected chi connectivity index (χ0v) is 10.1. The molecule has 4 nitrogen and oxygen atoms in total. The van der Waals surface area contributed by atoms with Gasteiger partial charge in [-0.1, -0.05) is 6.92 Å². The fraction of sp³-hybridized carbons (Fsp3) is 0.833. The van der Waals surface area contributed by atoms with Gasteiger partial charge in [0.25, 0.3) is 0 Å². The number of hydrogen-bond donors (Lipinski definition) is 0. The molecule has 0 aromatic rings. The van der Waals surface area contributed by atoms with Crippen LogP contribution in [0.15, 0.2) is 4.99 Å². The van der Waals surface area contributed by atoms with Crippen molar-refractivity contribution in [2.75, 3.05) is 20.1 Å². The maximum absolute atomic E-state index is 11.5. The second kappa shape index (κ2) is 4.95. The Morgan fingerprint density at radius 1 is 1.44 bits per heavy atom. The summed E-state index contributed by atoms with van der Waals surface area (Å²) in [5.74, 6) is 0.560. The largest absolute Gasteiger partial charge is 0.446 e. The van der Waals surface area contributed by atoms with E-state index >= 15 is 0 Å². The van der Waals surface area contributed by atoms with Gasteiger partial charge in [-0.15, -0.1) is 0 Å². The molecule has 90 valence electrons. The molecule has 2 heterocycles. The van der Waals surface area contributed by atoms with Crippen LogP contribution in [0.5, 0.6) is 0 Å². The van der Waals surface area contributed by atoms with E-state index in [4.69, 9.17) is 4.74 Å². The van der Waals surface area contributed by atoms with Crippen molar-refractivity contribution in [1.29, 1.82) is 0 Å². The molecule has 0 amide bonds. The zero-order valence-electron chi connectivity index (χ0n) is 10.1. The molecule has 0 bridgehead atoms.